The summed E-state index contributed by atoms with van der Waals surface area (Å²) < 4.78 is 70.4. The third kappa shape index (κ3) is 4.23. The van der Waals surface area contributed by atoms with Crippen LogP contribution in [0.5, 0.6) is 0 Å². The molecule has 2 atom stereocenters. The molecule has 0 amide bonds. The van der Waals surface area contributed by atoms with E-state index in [0.717, 1.165) is 21.4 Å². The van der Waals surface area contributed by atoms with Gasteiger partial charge >= 0.3 is 0 Å². The van der Waals surface area contributed by atoms with E-state index in [0.29, 0.717) is 0 Å². The van der Waals surface area contributed by atoms with Crippen LogP contribution >= 0.6 is 0 Å². The van der Waals surface area contributed by atoms with Gasteiger partial charge in [-0.2, -0.15) is 5.10 Å². The van der Waals surface area contributed by atoms with E-state index >= 15 is 0 Å². The first kappa shape index (κ1) is 22.9. The summed E-state index contributed by atoms with van der Waals surface area (Å²) in [6.07, 6.45) is -2.44. The molecule has 1 aliphatic rings. The van der Waals surface area contributed by atoms with Gasteiger partial charge in [0.2, 0.25) is 5.92 Å². The molecular weight excluding hydrogens is 447 g/mol. The van der Waals surface area contributed by atoms with Gasteiger partial charge in [-0.25, -0.2) is 26.6 Å². The van der Waals surface area contributed by atoms with Gasteiger partial charge in [-0.05, 0) is 13.3 Å². The van der Waals surface area contributed by atoms with E-state index in [1.165, 1.54) is 32.3 Å². The predicted molar refractivity (Wildman–Crippen MR) is 112 cm³/mol. The van der Waals surface area contributed by atoms with Crippen molar-refractivity contribution in [1.82, 2.24) is 14.3 Å². The maximum atomic E-state index is 14.6. The van der Waals surface area contributed by atoms with Gasteiger partial charge in [0.05, 0.1) is 17.0 Å². The van der Waals surface area contributed by atoms with Crippen LogP contribution in [-0.4, -0.2) is 20.3 Å². The highest BCUT2D eigenvalue weighted by Gasteiger charge is 2.40. The summed E-state index contributed by atoms with van der Waals surface area (Å²) in [5, 5.41) is 7.24. The number of benzene rings is 1. The van der Waals surface area contributed by atoms with E-state index in [-0.39, 0.29) is 35.0 Å². The zero-order chi connectivity index (χ0) is 24.1. The highest BCUT2D eigenvalue weighted by molar-refractivity contribution is 5.90. The predicted octanol–water partition coefficient (Wildman–Crippen LogP) is 4.71. The fraction of sp³-hybridized carbons (Fsp3) is 0.409. The van der Waals surface area contributed by atoms with Crippen molar-refractivity contribution in [2.24, 2.45) is 7.05 Å². The van der Waals surface area contributed by atoms with Crippen LogP contribution in [0.1, 0.15) is 55.8 Å². The van der Waals surface area contributed by atoms with Crippen LogP contribution < -0.4 is 16.4 Å². The fourth-order valence-corrected chi connectivity index (χ4v) is 4.25. The molecule has 2 heterocycles. The highest BCUT2D eigenvalue weighted by atomic mass is 19.3. The molecule has 6 nitrogen and oxygen atoms in total. The maximum absolute atomic E-state index is 14.6. The zero-order valence-corrected chi connectivity index (χ0v) is 17.8. The van der Waals surface area contributed by atoms with E-state index in [4.69, 9.17) is 0 Å². The van der Waals surface area contributed by atoms with Crippen molar-refractivity contribution in [1.29, 1.82) is 0 Å². The number of hydrogen-bond acceptors (Lipinski definition) is 4. The Morgan fingerprint density at radius 2 is 1.88 bits per heavy atom. The second kappa shape index (κ2) is 8.27. The lowest BCUT2D eigenvalue weighted by Crippen LogP contribution is -2.28. The van der Waals surface area contributed by atoms with Gasteiger partial charge < -0.3 is 9.88 Å². The molecule has 4 rings (SSSR count). The molecule has 11 heteroatoms. The average Bonchev–Trinajstić information content (AvgIpc) is 3.10. The Labute approximate surface area is 184 Å². The van der Waals surface area contributed by atoms with E-state index in [9.17, 15) is 31.5 Å². The number of alkyl halides is 4. The molecule has 0 spiro atoms. The second-order valence-corrected chi connectivity index (χ2v) is 8.29. The van der Waals surface area contributed by atoms with Gasteiger partial charge in [0, 0.05) is 49.1 Å². The monoisotopic (exact) mass is 468 g/mol. The summed E-state index contributed by atoms with van der Waals surface area (Å²) in [5.74, 6) is -3.86. The number of fused-ring (bicyclic) bond motifs is 1. The topological polar surface area (TPSA) is 68.9 Å². The molecule has 1 unspecified atom stereocenters. The third-order valence-corrected chi connectivity index (χ3v) is 5.99. The van der Waals surface area contributed by atoms with Crippen LogP contribution in [0.2, 0.25) is 0 Å². The van der Waals surface area contributed by atoms with Crippen LogP contribution in [-0.2, 0) is 7.05 Å². The number of hydrogen-bond donors (Lipinski definition) is 1. The van der Waals surface area contributed by atoms with Gasteiger partial charge in [-0.3, -0.25) is 9.59 Å². The molecule has 1 aromatic carbocycles. The Kier molecular flexibility index (Phi) is 5.75. The number of nitrogens with zero attached hydrogens (tertiary/aromatic N) is 3. The molecule has 1 aliphatic carbocycles. The first-order valence-electron chi connectivity index (χ1n) is 10.3. The minimum atomic E-state index is -2.99. The number of rotatable bonds is 5. The molecular formula is C22H21F5N4O2. The van der Waals surface area contributed by atoms with Gasteiger partial charge in [0.1, 0.15) is 5.82 Å². The number of pyridine rings is 1. The largest absolute Gasteiger partial charge is 0.361 e. The minimum Gasteiger partial charge on any atom is -0.361 e. The second-order valence-electron chi connectivity index (χ2n) is 8.29. The summed E-state index contributed by atoms with van der Waals surface area (Å²) in [7, 11) is 1.36. The molecule has 0 saturated heterocycles. The zero-order valence-electron chi connectivity index (χ0n) is 17.8. The smallest absolute Gasteiger partial charge is 0.274 e. The normalized spacial score (nSPS) is 18.7. The highest BCUT2D eigenvalue weighted by Crippen LogP contribution is 2.41. The van der Waals surface area contributed by atoms with Crippen molar-refractivity contribution in [3.05, 3.63) is 68.1 Å². The minimum absolute atomic E-state index is 0.00927. The Hall–Kier alpha value is -3.24. The third-order valence-electron chi connectivity index (χ3n) is 5.99. The Morgan fingerprint density at radius 1 is 1.18 bits per heavy atom. The lowest BCUT2D eigenvalue weighted by atomic mass is 10.0. The molecule has 1 N–H and O–H groups in total. The first-order chi connectivity index (χ1) is 15.5. The van der Waals surface area contributed by atoms with Gasteiger partial charge in [0.15, 0.2) is 5.82 Å². The Morgan fingerprint density at radius 3 is 2.52 bits per heavy atom. The lowest BCUT2D eigenvalue weighted by molar-refractivity contribution is 0.00553. The number of anilines is 1. The van der Waals surface area contributed by atoms with Gasteiger partial charge in [-0.15, -0.1) is 0 Å². The quantitative estimate of drug-likeness (QED) is 0.551. The van der Waals surface area contributed by atoms with Crippen LogP contribution in [0.3, 0.4) is 0 Å². The molecule has 176 valence electrons. The molecule has 1 saturated carbocycles. The summed E-state index contributed by atoms with van der Waals surface area (Å²) >= 11 is 0. The van der Waals surface area contributed by atoms with Crippen LogP contribution in [0, 0.1) is 5.82 Å². The molecule has 0 aliphatic heterocycles. The summed E-state index contributed by atoms with van der Waals surface area (Å²) in [6.45, 7) is 1.53. The molecule has 0 bridgehead atoms. The molecule has 1 fully saturated rings. The van der Waals surface area contributed by atoms with Crippen molar-refractivity contribution < 1.29 is 22.0 Å². The first-order valence-corrected chi connectivity index (χ1v) is 10.3. The number of aromatic nitrogens is 3. The van der Waals surface area contributed by atoms with E-state index < -0.39 is 53.4 Å². The number of nitrogens with one attached hydrogen (secondary N) is 1. The molecule has 0 radical (unpaired) electrons. The number of aryl methyl sites for hydroxylation is 1. The van der Waals surface area contributed by atoms with Crippen LogP contribution in [0.25, 0.3) is 10.8 Å². The summed E-state index contributed by atoms with van der Waals surface area (Å²) in [4.78, 5) is 25.2. The van der Waals surface area contributed by atoms with Crippen molar-refractivity contribution in [3.63, 3.8) is 0 Å². The fourth-order valence-electron chi connectivity index (χ4n) is 4.25. The lowest BCUT2D eigenvalue weighted by Gasteiger charge is -2.20. The maximum Gasteiger partial charge on any atom is 0.274 e. The van der Waals surface area contributed by atoms with Crippen molar-refractivity contribution in [2.75, 3.05) is 5.32 Å². The van der Waals surface area contributed by atoms with E-state index in [2.05, 4.69) is 10.4 Å². The summed E-state index contributed by atoms with van der Waals surface area (Å²) in [5.41, 5.74) is -1.95. The summed E-state index contributed by atoms with van der Waals surface area (Å²) in [6, 6.07) is 3.14. The van der Waals surface area contributed by atoms with Crippen molar-refractivity contribution >= 4 is 16.6 Å². The molecule has 33 heavy (non-hydrogen) atoms. The van der Waals surface area contributed by atoms with Crippen LogP contribution in [0.15, 0.2) is 40.1 Å². The van der Waals surface area contributed by atoms with Crippen molar-refractivity contribution in [2.45, 2.75) is 50.6 Å². The van der Waals surface area contributed by atoms with Crippen molar-refractivity contribution in [3.8, 4) is 0 Å². The Balaban J connectivity index is 1.80. The molecule has 3 aromatic rings. The van der Waals surface area contributed by atoms with Gasteiger partial charge in [0.25, 0.3) is 17.5 Å². The van der Waals surface area contributed by atoms with Gasteiger partial charge in [-0.1, -0.05) is 18.2 Å². The average molecular weight is 468 g/mol. The van der Waals surface area contributed by atoms with Crippen LogP contribution in [0.4, 0.5) is 27.8 Å². The van der Waals surface area contributed by atoms with E-state index in [1.807, 2.05) is 0 Å². The number of halogens is 5. The Bertz CT molecular complexity index is 1330. The SMILES string of the molecule is C[C@@H](Nc1nn(C)c(=O)c2cc(=O)n(C3CCC(F)(F)C3)cc12)c1cccc(C(F)F)c1F. The standard InChI is InChI=1S/C22H21F5N4O2/c1-11(13-4-3-5-14(18(13)23)19(24)25)28-20-16-10-31(12-6-7-22(26,27)9-12)17(32)8-15(16)21(33)30(2)29-20/h3-5,8,10-12,19H,6-7,9H2,1-2H3,(H,28,29)/t11-,12?/m1/s1. The molecule has 2 aromatic heterocycles. The van der Waals surface area contributed by atoms with E-state index in [1.54, 1.807) is 0 Å².